The van der Waals surface area contributed by atoms with E-state index in [9.17, 15) is 8.42 Å². The largest absolute Gasteiger partial charge is 0.265 e. The fourth-order valence-electron chi connectivity index (χ4n) is 2.13. The first-order valence-electron chi connectivity index (χ1n) is 5.81. The van der Waals surface area contributed by atoms with E-state index in [4.69, 9.17) is 0 Å². The summed E-state index contributed by atoms with van der Waals surface area (Å²) in [5.74, 6) is 0.598. The lowest BCUT2D eigenvalue weighted by atomic mass is 10.2. The molecule has 0 bridgehead atoms. The molecule has 0 N–H and O–H groups in total. The third-order valence-corrected chi connectivity index (χ3v) is 5.49. The Kier molecular flexibility index (Phi) is 2.90. The minimum atomic E-state index is -3.52. The summed E-state index contributed by atoms with van der Waals surface area (Å²) in [7, 11) is -3.52. The van der Waals surface area contributed by atoms with Gasteiger partial charge in [0.05, 0.1) is 28.7 Å². The number of hydrogen-bond acceptors (Lipinski definition) is 3. The van der Waals surface area contributed by atoms with Gasteiger partial charge in [-0.25, -0.2) is 17.4 Å². The molecule has 5 nitrogen and oxygen atoms in total. The molecule has 0 aliphatic carbocycles. The highest BCUT2D eigenvalue weighted by molar-refractivity contribution is 9.10. The zero-order valence-corrected chi connectivity index (χ0v) is 12.6. The van der Waals surface area contributed by atoms with Crippen molar-refractivity contribution in [3.05, 3.63) is 40.5 Å². The summed E-state index contributed by atoms with van der Waals surface area (Å²) in [6.07, 6.45) is 1.62. The number of sulfonamides is 1. The van der Waals surface area contributed by atoms with Crippen LogP contribution >= 0.6 is 15.9 Å². The standard InChI is InChI=1S/C12H12BrN3O2S/c1-9-2-4-10(5-3-9)19(17,18)16-7-6-15-12(16)11(13)8-14-15/h2-5,8H,6-7H2,1H3. The van der Waals surface area contributed by atoms with E-state index >= 15 is 0 Å². The molecule has 1 aliphatic rings. The highest BCUT2D eigenvalue weighted by Gasteiger charge is 2.33. The van der Waals surface area contributed by atoms with Crippen LogP contribution in [0.4, 0.5) is 5.82 Å². The Bertz CT molecular complexity index is 722. The molecule has 1 aliphatic heterocycles. The van der Waals surface area contributed by atoms with Crippen LogP contribution in [0.25, 0.3) is 0 Å². The molecule has 0 atom stereocenters. The van der Waals surface area contributed by atoms with Gasteiger partial charge in [0.25, 0.3) is 10.0 Å². The van der Waals surface area contributed by atoms with E-state index in [1.54, 1.807) is 35.1 Å². The lowest BCUT2D eigenvalue weighted by Gasteiger charge is -2.18. The Morgan fingerprint density at radius 3 is 2.58 bits per heavy atom. The Morgan fingerprint density at radius 1 is 1.21 bits per heavy atom. The molecule has 0 fully saturated rings. The highest BCUT2D eigenvalue weighted by Crippen LogP contribution is 2.34. The van der Waals surface area contributed by atoms with Gasteiger partial charge in [-0.15, -0.1) is 0 Å². The smallest absolute Gasteiger partial charge is 0.247 e. The van der Waals surface area contributed by atoms with Crippen LogP contribution in [-0.4, -0.2) is 24.7 Å². The average molecular weight is 342 g/mol. The number of aryl methyl sites for hydroxylation is 1. The fourth-order valence-corrected chi connectivity index (χ4v) is 4.23. The maximum atomic E-state index is 12.6. The number of fused-ring (bicyclic) bond motifs is 1. The molecule has 19 heavy (non-hydrogen) atoms. The molecule has 1 aromatic heterocycles. The Labute approximate surface area is 120 Å². The second-order valence-electron chi connectivity index (χ2n) is 4.43. The van der Waals surface area contributed by atoms with Gasteiger partial charge in [-0.05, 0) is 35.0 Å². The van der Waals surface area contributed by atoms with Crippen LogP contribution in [0.2, 0.25) is 0 Å². The summed E-state index contributed by atoms with van der Waals surface area (Å²) >= 11 is 3.34. The molecule has 2 heterocycles. The van der Waals surface area contributed by atoms with Crippen LogP contribution in [0.3, 0.4) is 0 Å². The monoisotopic (exact) mass is 341 g/mol. The lowest BCUT2D eigenvalue weighted by molar-refractivity contribution is 0.592. The van der Waals surface area contributed by atoms with Crippen molar-refractivity contribution in [2.24, 2.45) is 0 Å². The Morgan fingerprint density at radius 2 is 1.89 bits per heavy atom. The van der Waals surface area contributed by atoms with Gasteiger partial charge < -0.3 is 0 Å². The van der Waals surface area contributed by atoms with E-state index in [2.05, 4.69) is 21.0 Å². The maximum Gasteiger partial charge on any atom is 0.265 e. The van der Waals surface area contributed by atoms with E-state index in [1.165, 1.54) is 4.31 Å². The van der Waals surface area contributed by atoms with Crippen molar-refractivity contribution in [2.45, 2.75) is 18.4 Å². The zero-order chi connectivity index (χ0) is 13.6. The minimum absolute atomic E-state index is 0.305. The summed E-state index contributed by atoms with van der Waals surface area (Å²) in [6, 6.07) is 6.87. The lowest BCUT2D eigenvalue weighted by Crippen LogP contribution is -2.29. The maximum absolute atomic E-state index is 12.6. The first kappa shape index (κ1) is 12.7. The SMILES string of the molecule is Cc1ccc(S(=O)(=O)N2CCn3ncc(Br)c32)cc1. The van der Waals surface area contributed by atoms with Gasteiger partial charge >= 0.3 is 0 Å². The molecule has 7 heteroatoms. The predicted molar refractivity (Wildman–Crippen MR) is 75.6 cm³/mol. The second-order valence-corrected chi connectivity index (χ2v) is 7.15. The number of nitrogens with zero attached hydrogens (tertiary/aromatic N) is 3. The van der Waals surface area contributed by atoms with Gasteiger partial charge in [-0.3, -0.25) is 0 Å². The van der Waals surface area contributed by atoms with E-state index in [1.807, 2.05) is 6.92 Å². The molecule has 1 aromatic carbocycles. The second kappa shape index (κ2) is 4.35. The van der Waals surface area contributed by atoms with Crippen molar-refractivity contribution in [1.82, 2.24) is 9.78 Å². The van der Waals surface area contributed by atoms with Gasteiger partial charge in [0.1, 0.15) is 0 Å². The Balaban J connectivity index is 2.07. The third kappa shape index (κ3) is 1.97. The molecule has 0 saturated carbocycles. The molecular formula is C12H12BrN3O2S. The molecule has 0 radical (unpaired) electrons. The van der Waals surface area contributed by atoms with Gasteiger partial charge in [0.2, 0.25) is 0 Å². The predicted octanol–water partition coefficient (Wildman–Crippen LogP) is 2.16. The van der Waals surface area contributed by atoms with E-state index in [-0.39, 0.29) is 0 Å². The van der Waals surface area contributed by atoms with Crippen LogP contribution in [0, 0.1) is 6.92 Å². The van der Waals surface area contributed by atoms with Crippen LogP contribution in [0.1, 0.15) is 5.56 Å². The van der Waals surface area contributed by atoms with Crippen molar-refractivity contribution in [3.8, 4) is 0 Å². The van der Waals surface area contributed by atoms with Crippen LogP contribution in [-0.2, 0) is 16.6 Å². The van der Waals surface area contributed by atoms with E-state index < -0.39 is 10.0 Å². The first-order chi connectivity index (χ1) is 9.00. The average Bonchev–Trinajstić information content (AvgIpc) is 2.94. The van der Waals surface area contributed by atoms with Gasteiger partial charge in [0.15, 0.2) is 5.82 Å². The number of rotatable bonds is 2. The quantitative estimate of drug-likeness (QED) is 0.841. The third-order valence-electron chi connectivity index (χ3n) is 3.13. The minimum Gasteiger partial charge on any atom is -0.247 e. The number of halogens is 1. The van der Waals surface area contributed by atoms with Crippen molar-refractivity contribution in [2.75, 3.05) is 10.8 Å². The van der Waals surface area contributed by atoms with Crippen LogP contribution in [0.5, 0.6) is 0 Å². The van der Waals surface area contributed by atoms with Crippen molar-refractivity contribution in [3.63, 3.8) is 0 Å². The molecule has 0 amide bonds. The Hall–Kier alpha value is -1.34. The molecule has 2 aromatic rings. The number of hydrogen-bond donors (Lipinski definition) is 0. The number of benzene rings is 1. The summed E-state index contributed by atoms with van der Waals surface area (Å²) in [5, 5.41) is 4.13. The van der Waals surface area contributed by atoms with Crippen LogP contribution in [0.15, 0.2) is 39.8 Å². The molecule has 100 valence electrons. The summed E-state index contributed by atoms with van der Waals surface area (Å²) in [5.41, 5.74) is 1.03. The number of aromatic nitrogens is 2. The van der Waals surface area contributed by atoms with Crippen LogP contribution < -0.4 is 4.31 Å². The summed E-state index contributed by atoms with van der Waals surface area (Å²) < 4.78 is 29.0. The van der Waals surface area contributed by atoms with Gasteiger partial charge in [-0.2, -0.15) is 5.10 Å². The fraction of sp³-hybridized carbons (Fsp3) is 0.250. The highest BCUT2D eigenvalue weighted by atomic mass is 79.9. The normalized spacial score (nSPS) is 14.7. The number of anilines is 1. The van der Waals surface area contributed by atoms with E-state index in [0.29, 0.717) is 28.3 Å². The first-order valence-corrected chi connectivity index (χ1v) is 8.04. The summed E-state index contributed by atoms with van der Waals surface area (Å²) in [6.45, 7) is 2.92. The molecule has 0 saturated heterocycles. The van der Waals surface area contributed by atoms with E-state index in [0.717, 1.165) is 5.56 Å². The zero-order valence-electron chi connectivity index (χ0n) is 10.2. The summed E-state index contributed by atoms with van der Waals surface area (Å²) in [4.78, 5) is 0.305. The van der Waals surface area contributed by atoms with Crippen molar-refractivity contribution < 1.29 is 8.42 Å². The molecule has 3 rings (SSSR count). The molecule has 0 unspecified atom stereocenters. The van der Waals surface area contributed by atoms with Crippen molar-refractivity contribution >= 4 is 31.8 Å². The molecular weight excluding hydrogens is 330 g/mol. The van der Waals surface area contributed by atoms with Crippen molar-refractivity contribution in [1.29, 1.82) is 0 Å². The van der Waals surface area contributed by atoms with Gasteiger partial charge in [-0.1, -0.05) is 17.7 Å². The van der Waals surface area contributed by atoms with Gasteiger partial charge in [0, 0.05) is 0 Å². The molecule has 0 spiro atoms. The topological polar surface area (TPSA) is 55.2 Å².